The van der Waals surface area contributed by atoms with Gasteiger partial charge in [-0.25, -0.2) is 4.98 Å². The lowest BCUT2D eigenvalue weighted by molar-refractivity contribution is -0.274. The van der Waals surface area contributed by atoms with Crippen molar-refractivity contribution in [2.45, 2.75) is 19.3 Å². The van der Waals surface area contributed by atoms with Crippen molar-refractivity contribution in [2.24, 2.45) is 5.73 Å². The van der Waals surface area contributed by atoms with Gasteiger partial charge in [0.2, 0.25) is 17.7 Å². The maximum Gasteiger partial charge on any atom is 0.573 e. The van der Waals surface area contributed by atoms with E-state index >= 15 is 0 Å². The molecule has 0 aliphatic rings. The lowest BCUT2D eigenvalue weighted by Crippen LogP contribution is -2.45. The quantitative estimate of drug-likeness (QED) is 0.599. The second kappa shape index (κ2) is 9.05. The summed E-state index contributed by atoms with van der Waals surface area (Å²) >= 11 is 0.954. The van der Waals surface area contributed by atoms with Crippen LogP contribution in [0.1, 0.15) is 6.92 Å². The Kier molecular flexibility index (Phi) is 6.97. The third-order valence-corrected chi connectivity index (χ3v) is 4.41. The van der Waals surface area contributed by atoms with Gasteiger partial charge >= 0.3 is 6.36 Å². The Morgan fingerprint density at radius 1 is 1.34 bits per heavy atom. The monoisotopic (exact) mass is 433 g/mol. The highest BCUT2D eigenvalue weighted by Crippen LogP contribution is 2.31. The molecule has 13 heteroatoms. The first-order valence-electron chi connectivity index (χ1n) is 8.18. The number of benzene rings is 1. The highest BCUT2D eigenvalue weighted by molar-refractivity contribution is 7.22. The predicted molar refractivity (Wildman–Crippen MR) is 99.2 cm³/mol. The Hall–Kier alpha value is -2.93. The topological polar surface area (TPSA) is 127 Å². The van der Waals surface area contributed by atoms with Crippen LogP contribution in [-0.4, -0.2) is 60.1 Å². The van der Waals surface area contributed by atoms with Crippen LogP contribution in [-0.2, 0) is 14.4 Å². The van der Waals surface area contributed by atoms with Crippen molar-refractivity contribution in [3.8, 4) is 5.75 Å². The van der Waals surface area contributed by atoms with Crippen LogP contribution in [0.25, 0.3) is 10.2 Å². The third-order valence-electron chi connectivity index (χ3n) is 3.47. The maximum absolute atomic E-state index is 12.3. The largest absolute Gasteiger partial charge is 0.573 e. The number of carbonyl (C=O) groups is 3. The number of hydrogen-bond donors (Lipinski definition) is 3. The number of hydrogen-bond acceptors (Lipinski definition) is 7. The molecule has 0 saturated heterocycles. The second-order valence-corrected chi connectivity index (χ2v) is 7.03. The van der Waals surface area contributed by atoms with E-state index in [1.807, 2.05) is 0 Å². The number of rotatable bonds is 7. The van der Waals surface area contributed by atoms with Crippen molar-refractivity contribution < 1.29 is 32.3 Å². The Labute approximate surface area is 167 Å². The van der Waals surface area contributed by atoms with Crippen molar-refractivity contribution in [1.82, 2.24) is 15.2 Å². The summed E-state index contributed by atoms with van der Waals surface area (Å²) in [6.07, 6.45) is -4.81. The van der Waals surface area contributed by atoms with E-state index in [2.05, 4.69) is 20.4 Å². The van der Waals surface area contributed by atoms with Gasteiger partial charge in [-0.1, -0.05) is 11.3 Å². The Bertz CT molecular complexity index is 916. The third kappa shape index (κ3) is 6.87. The molecule has 1 heterocycles. The Morgan fingerprint density at radius 3 is 2.66 bits per heavy atom. The minimum absolute atomic E-state index is 0.153. The molecule has 0 aliphatic carbocycles. The number of aromatic nitrogens is 1. The Morgan fingerprint density at radius 2 is 2.03 bits per heavy atom. The molecule has 2 aromatic rings. The van der Waals surface area contributed by atoms with Gasteiger partial charge in [0.25, 0.3) is 0 Å². The average Bonchev–Trinajstić information content (AvgIpc) is 2.98. The number of nitrogens with zero attached hydrogens (tertiary/aromatic N) is 2. The van der Waals surface area contributed by atoms with Crippen LogP contribution in [0, 0.1) is 0 Å². The van der Waals surface area contributed by atoms with E-state index < -0.39 is 35.9 Å². The van der Waals surface area contributed by atoms with Crippen LogP contribution in [0.5, 0.6) is 5.75 Å². The minimum atomic E-state index is -4.81. The number of nitrogens with one attached hydrogen (secondary N) is 2. The van der Waals surface area contributed by atoms with Crippen molar-refractivity contribution in [2.75, 3.05) is 25.5 Å². The maximum atomic E-state index is 12.3. The number of fused-ring (bicyclic) bond motifs is 1. The van der Waals surface area contributed by atoms with Gasteiger partial charge in [0.05, 0.1) is 29.3 Å². The van der Waals surface area contributed by atoms with Crippen LogP contribution >= 0.6 is 11.3 Å². The summed E-state index contributed by atoms with van der Waals surface area (Å²) in [5, 5.41) is 4.96. The smallest absolute Gasteiger partial charge is 0.406 e. The molecule has 0 saturated carbocycles. The first-order chi connectivity index (χ1) is 13.4. The minimum Gasteiger partial charge on any atom is -0.406 e. The fourth-order valence-corrected chi connectivity index (χ4v) is 2.99. The molecule has 1 aromatic carbocycles. The summed E-state index contributed by atoms with van der Waals surface area (Å²) in [6, 6.07) is 2.84. The van der Waals surface area contributed by atoms with E-state index in [0.29, 0.717) is 10.2 Å². The number of anilines is 1. The summed E-state index contributed by atoms with van der Waals surface area (Å²) in [7, 11) is 1.37. The number of nitrogens with two attached hydrogens (primary N) is 1. The fraction of sp³-hybridized carbons (Fsp3) is 0.375. The molecule has 1 unspecified atom stereocenters. The van der Waals surface area contributed by atoms with Gasteiger partial charge in [-0.2, -0.15) is 0 Å². The van der Waals surface area contributed by atoms with Crippen molar-refractivity contribution >= 4 is 44.4 Å². The van der Waals surface area contributed by atoms with Crippen molar-refractivity contribution in [3.63, 3.8) is 0 Å². The number of likely N-dealkylation sites (N-methyl/N-ethyl adjacent to an activating group) is 1. The van der Waals surface area contributed by atoms with Crippen LogP contribution < -0.4 is 21.1 Å². The Balaban J connectivity index is 1.93. The van der Waals surface area contributed by atoms with Gasteiger partial charge < -0.3 is 26.0 Å². The normalized spacial score (nSPS) is 12.3. The van der Waals surface area contributed by atoms with Gasteiger partial charge in [-0.3, -0.25) is 14.4 Å². The molecule has 2 rings (SSSR count). The molecular weight excluding hydrogens is 415 g/mol. The fourth-order valence-electron chi connectivity index (χ4n) is 2.08. The molecule has 9 nitrogen and oxygen atoms in total. The standard InChI is InChI=1S/C16H18F3N5O4S/c1-8(20)14(27)21-6-13(26)24(2)7-12(25)23-15-22-10-4-3-9(5-11(10)29-15)28-16(17,18)19/h3-5,8H,6-7,20H2,1-2H3,(H,21,27)(H,22,23,25). The molecule has 0 spiro atoms. The second-order valence-electron chi connectivity index (χ2n) is 6.00. The highest BCUT2D eigenvalue weighted by Gasteiger charge is 2.31. The lowest BCUT2D eigenvalue weighted by Gasteiger charge is -2.17. The van der Waals surface area contributed by atoms with E-state index in [9.17, 15) is 27.6 Å². The predicted octanol–water partition coefficient (Wildman–Crippen LogP) is 1.06. The van der Waals surface area contributed by atoms with E-state index in [4.69, 9.17) is 5.73 Å². The van der Waals surface area contributed by atoms with Gasteiger partial charge in [-0.05, 0) is 19.1 Å². The van der Waals surface area contributed by atoms with Gasteiger partial charge in [0.15, 0.2) is 5.13 Å². The van der Waals surface area contributed by atoms with Crippen molar-refractivity contribution in [3.05, 3.63) is 18.2 Å². The van der Waals surface area contributed by atoms with Crippen LogP contribution in [0.15, 0.2) is 18.2 Å². The first kappa shape index (κ1) is 22.4. The lowest BCUT2D eigenvalue weighted by atomic mass is 10.3. The molecule has 3 amide bonds. The molecule has 1 aromatic heterocycles. The van der Waals surface area contributed by atoms with E-state index in [1.54, 1.807) is 0 Å². The molecule has 0 bridgehead atoms. The summed E-state index contributed by atoms with van der Waals surface area (Å²) in [5.74, 6) is -1.97. The molecule has 0 radical (unpaired) electrons. The summed E-state index contributed by atoms with van der Waals surface area (Å²) < 4.78 is 41.1. The zero-order valence-corrected chi connectivity index (χ0v) is 16.2. The van der Waals surface area contributed by atoms with Crippen LogP contribution in [0.3, 0.4) is 0 Å². The van der Waals surface area contributed by atoms with Gasteiger partial charge in [0.1, 0.15) is 5.75 Å². The molecule has 158 valence electrons. The first-order valence-corrected chi connectivity index (χ1v) is 8.99. The molecule has 0 fully saturated rings. The summed E-state index contributed by atoms with van der Waals surface area (Å²) in [4.78, 5) is 40.6. The van der Waals surface area contributed by atoms with Gasteiger partial charge in [-0.15, -0.1) is 13.2 Å². The van der Waals surface area contributed by atoms with E-state index in [-0.39, 0.29) is 18.2 Å². The molecule has 1 atom stereocenters. The van der Waals surface area contributed by atoms with Crippen molar-refractivity contribution in [1.29, 1.82) is 0 Å². The zero-order chi connectivity index (χ0) is 21.8. The molecule has 4 N–H and O–H groups in total. The number of halogens is 3. The number of thiazole rings is 1. The van der Waals surface area contributed by atoms with Gasteiger partial charge in [0, 0.05) is 13.1 Å². The van der Waals surface area contributed by atoms with E-state index in [0.717, 1.165) is 28.4 Å². The molecule has 29 heavy (non-hydrogen) atoms. The average molecular weight is 433 g/mol. The van der Waals surface area contributed by atoms with Crippen LogP contribution in [0.4, 0.5) is 18.3 Å². The molecule has 0 aliphatic heterocycles. The number of amides is 3. The van der Waals surface area contributed by atoms with Crippen LogP contribution in [0.2, 0.25) is 0 Å². The summed E-state index contributed by atoms with van der Waals surface area (Å²) in [6.45, 7) is 0.839. The number of alkyl halides is 3. The number of carbonyl (C=O) groups excluding carboxylic acids is 3. The zero-order valence-electron chi connectivity index (χ0n) is 15.4. The molecular formula is C16H18F3N5O4S. The SMILES string of the molecule is CC(N)C(=O)NCC(=O)N(C)CC(=O)Nc1nc2ccc(OC(F)(F)F)cc2s1. The summed E-state index contributed by atoms with van der Waals surface area (Å²) in [5.41, 5.74) is 5.74. The number of ether oxygens (including phenoxy) is 1. The highest BCUT2D eigenvalue weighted by atomic mass is 32.1. The van der Waals surface area contributed by atoms with E-state index in [1.165, 1.54) is 20.0 Å².